The predicted molar refractivity (Wildman–Crippen MR) is 83.3 cm³/mol. The molecule has 0 heterocycles. The number of alkyl carbamates (subject to hydrolysis) is 1. The van der Waals surface area contributed by atoms with Crippen LogP contribution in [0.25, 0.3) is 0 Å². The summed E-state index contributed by atoms with van der Waals surface area (Å²) < 4.78 is 5.25. The second kappa shape index (κ2) is 6.29. The number of benzene rings is 1. The van der Waals surface area contributed by atoms with Gasteiger partial charge in [-0.25, -0.2) is 4.79 Å². The number of rotatable bonds is 4. The van der Waals surface area contributed by atoms with Crippen molar-refractivity contribution in [1.29, 1.82) is 0 Å². The summed E-state index contributed by atoms with van der Waals surface area (Å²) in [5.41, 5.74) is 0.110. The van der Waals surface area contributed by atoms with Gasteiger partial charge in [-0.3, -0.25) is 0 Å². The summed E-state index contributed by atoms with van der Waals surface area (Å²) in [5.74, 6) is 0.251. The molecule has 0 saturated carbocycles. The number of ether oxygens (including phenoxy) is 1. The molecule has 4 nitrogen and oxygen atoms in total. The highest BCUT2D eigenvalue weighted by atomic mass is 16.6. The Hall–Kier alpha value is -1.84. The van der Waals surface area contributed by atoms with Gasteiger partial charge in [0, 0.05) is 0 Å². The number of nitrogens with one attached hydrogen (secondary N) is 1. The molecule has 0 aliphatic heterocycles. The minimum absolute atomic E-state index is 0.251. The number of carbonyl (C=O) groups excluding carboxylic acids is 2. The molecule has 0 aliphatic carbocycles. The molecule has 4 heteroatoms. The molecule has 1 rings (SSSR count). The Morgan fingerprint density at radius 2 is 1.76 bits per heavy atom. The summed E-state index contributed by atoms with van der Waals surface area (Å²) in [6, 6.07) is 7.62. The van der Waals surface area contributed by atoms with Gasteiger partial charge in [0.2, 0.25) is 0 Å². The minimum Gasteiger partial charge on any atom is -0.444 e. The van der Waals surface area contributed by atoms with E-state index in [1.807, 2.05) is 24.3 Å². The van der Waals surface area contributed by atoms with Crippen molar-refractivity contribution in [3.63, 3.8) is 0 Å². The number of carbonyl (C=O) groups is 2. The molecule has 0 radical (unpaired) electrons. The van der Waals surface area contributed by atoms with Gasteiger partial charge in [-0.1, -0.05) is 38.1 Å². The Morgan fingerprint density at radius 3 is 2.24 bits per heavy atom. The van der Waals surface area contributed by atoms with Gasteiger partial charge in [-0.15, -0.1) is 0 Å². The lowest BCUT2D eigenvalue weighted by Crippen LogP contribution is -2.47. The van der Waals surface area contributed by atoms with Crippen LogP contribution in [0.4, 0.5) is 4.79 Å². The van der Waals surface area contributed by atoms with Crippen LogP contribution in [0.15, 0.2) is 24.3 Å². The van der Waals surface area contributed by atoms with Crippen molar-refractivity contribution < 1.29 is 14.3 Å². The van der Waals surface area contributed by atoms with Gasteiger partial charge in [0.05, 0.1) is 0 Å². The van der Waals surface area contributed by atoms with Gasteiger partial charge in [0.1, 0.15) is 17.4 Å². The summed E-state index contributed by atoms with van der Waals surface area (Å²) >= 11 is 0. The zero-order valence-electron chi connectivity index (χ0n) is 13.7. The Balaban J connectivity index is 3.11. The second-order valence-electron chi connectivity index (χ2n) is 6.69. The molecule has 1 atom stereocenters. The average Bonchev–Trinajstić information content (AvgIpc) is 2.36. The van der Waals surface area contributed by atoms with E-state index in [0.29, 0.717) is 0 Å². The fraction of sp³-hybridized carbons (Fsp3) is 0.529. The van der Waals surface area contributed by atoms with Crippen LogP contribution in [-0.2, 0) is 15.1 Å². The number of amides is 1. The highest BCUT2D eigenvalue weighted by molar-refractivity contribution is 5.78. The monoisotopic (exact) mass is 291 g/mol. The standard InChI is InChI=1S/C17H25NO3/c1-12(2)13-9-7-8-10-14(13)17(6,11-19)18-15(20)21-16(3,4)5/h7-12H,1-6H3,(H,18,20). The molecule has 21 heavy (non-hydrogen) atoms. The zero-order chi connectivity index (χ0) is 16.3. The lowest BCUT2D eigenvalue weighted by atomic mass is 9.85. The number of aldehydes is 1. The molecular weight excluding hydrogens is 266 g/mol. The first-order valence-electron chi connectivity index (χ1n) is 7.16. The van der Waals surface area contributed by atoms with E-state index in [9.17, 15) is 9.59 Å². The van der Waals surface area contributed by atoms with Crippen LogP contribution in [0.2, 0.25) is 0 Å². The van der Waals surface area contributed by atoms with E-state index in [4.69, 9.17) is 4.74 Å². The van der Waals surface area contributed by atoms with E-state index in [1.54, 1.807) is 27.7 Å². The predicted octanol–water partition coefficient (Wildman–Crippen LogP) is 3.75. The van der Waals surface area contributed by atoms with Crippen molar-refractivity contribution in [2.45, 2.75) is 58.6 Å². The van der Waals surface area contributed by atoms with Crippen LogP contribution in [0.1, 0.15) is 58.6 Å². The topological polar surface area (TPSA) is 55.4 Å². The van der Waals surface area contributed by atoms with Gasteiger partial charge in [0.15, 0.2) is 0 Å². The summed E-state index contributed by atoms with van der Waals surface area (Å²) in [5, 5.41) is 2.68. The van der Waals surface area contributed by atoms with E-state index < -0.39 is 17.2 Å². The van der Waals surface area contributed by atoms with Crippen LogP contribution in [-0.4, -0.2) is 18.0 Å². The van der Waals surface area contributed by atoms with Crippen molar-refractivity contribution in [2.75, 3.05) is 0 Å². The van der Waals surface area contributed by atoms with Gasteiger partial charge < -0.3 is 14.8 Å². The molecule has 116 valence electrons. The molecule has 0 bridgehead atoms. The highest BCUT2D eigenvalue weighted by Crippen LogP contribution is 2.28. The molecule has 0 saturated heterocycles. The van der Waals surface area contributed by atoms with Crippen LogP contribution >= 0.6 is 0 Å². The second-order valence-corrected chi connectivity index (χ2v) is 6.69. The molecule has 0 fully saturated rings. The third-order valence-electron chi connectivity index (χ3n) is 3.14. The Labute approximate surface area is 126 Å². The van der Waals surface area contributed by atoms with Gasteiger partial charge in [-0.05, 0) is 44.7 Å². The third-order valence-corrected chi connectivity index (χ3v) is 3.14. The zero-order valence-corrected chi connectivity index (χ0v) is 13.7. The van der Waals surface area contributed by atoms with Gasteiger partial charge in [-0.2, -0.15) is 0 Å². The summed E-state index contributed by atoms with van der Waals surface area (Å²) in [7, 11) is 0. The largest absolute Gasteiger partial charge is 0.444 e. The quantitative estimate of drug-likeness (QED) is 0.860. The van der Waals surface area contributed by atoms with Gasteiger partial charge in [0.25, 0.3) is 0 Å². The molecule has 1 unspecified atom stereocenters. The SMILES string of the molecule is CC(C)c1ccccc1C(C)(C=O)NC(=O)OC(C)(C)C. The van der Waals surface area contributed by atoms with E-state index in [2.05, 4.69) is 19.2 Å². The molecule has 1 N–H and O–H groups in total. The molecule has 1 aromatic rings. The smallest absolute Gasteiger partial charge is 0.408 e. The first-order valence-corrected chi connectivity index (χ1v) is 7.16. The van der Waals surface area contributed by atoms with Crippen molar-refractivity contribution in [3.05, 3.63) is 35.4 Å². The fourth-order valence-corrected chi connectivity index (χ4v) is 2.15. The summed E-state index contributed by atoms with van der Waals surface area (Å²) in [4.78, 5) is 23.6. The first-order chi connectivity index (χ1) is 9.59. The van der Waals surface area contributed by atoms with E-state index >= 15 is 0 Å². The Kier molecular flexibility index (Phi) is 5.15. The molecule has 0 spiro atoms. The summed E-state index contributed by atoms with van der Waals surface area (Å²) in [6.07, 6.45) is 0.147. The van der Waals surface area contributed by atoms with Crippen LogP contribution in [0, 0.1) is 0 Å². The van der Waals surface area contributed by atoms with Crippen LogP contribution in [0.5, 0.6) is 0 Å². The van der Waals surface area contributed by atoms with E-state index in [-0.39, 0.29) is 5.92 Å². The molecule has 0 aliphatic rings. The van der Waals surface area contributed by atoms with Crippen molar-refractivity contribution in [3.8, 4) is 0 Å². The molecule has 1 amide bonds. The van der Waals surface area contributed by atoms with Crippen LogP contribution in [0.3, 0.4) is 0 Å². The minimum atomic E-state index is -1.11. The Bertz CT molecular complexity index is 517. The molecular formula is C17H25NO3. The van der Waals surface area contributed by atoms with Gasteiger partial charge >= 0.3 is 6.09 Å². The molecule has 1 aromatic carbocycles. The maximum Gasteiger partial charge on any atom is 0.408 e. The summed E-state index contributed by atoms with van der Waals surface area (Å²) in [6.45, 7) is 11.1. The number of hydrogen-bond acceptors (Lipinski definition) is 3. The normalized spacial score (nSPS) is 14.4. The lowest BCUT2D eigenvalue weighted by Gasteiger charge is -2.30. The Morgan fingerprint density at radius 1 is 1.19 bits per heavy atom. The molecule has 0 aromatic heterocycles. The lowest BCUT2D eigenvalue weighted by molar-refractivity contribution is -0.113. The third kappa shape index (κ3) is 4.59. The maximum absolute atomic E-state index is 12.0. The van der Waals surface area contributed by atoms with Crippen molar-refractivity contribution in [2.24, 2.45) is 0 Å². The first kappa shape index (κ1) is 17.2. The number of hydrogen-bond donors (Lipinski definition) is 1. The van der Waals surface area contributed by atoms with Crippen molar-refractivity contribution >= 4 is 12.4 Å². The van der Waals surface area contributed by atoms with E-state index in [1.165, 1.54) is 0 Å². The van der Waals surface area contributed by atoms with Crippen LogP contribution < -0.4 is 5.32 Å². The maximum atomic E-state index is 12.0. The van der Waals surface area contributed by atoms with Crippen molar-refractivity contribution in [1.82, 2.24) is 5.32 Å². The fourth-order valence-electron chi connectivity index (χ4n) is 2.15. The highest BCUT2D eigenvalue weighted by Gasteiger charge is 2.32. The average molecular weight is 291 g/mol. The van der Waals surface area contributed by atoms with E-state index in [0.717, 1.165) is 17.4 Å².